The summed E-state index contributed by atoms with van der Waals surface area (Å²) < 4.78 is 6.52. The van der Waals surface area contributed by atoms with Gasteiger partial charge < -0.3 is 10.1 Å². The molecule has 120 valence electrons. The summed E-state index contributed by atoms with van der Waals surface area (Å²) in [6.45, 7) is 4.58. The highest BCUT2D eigenvalue weighted by Crippen LogP contribution is 2.24. The lowest BCUT2D eigenvalue weighted by Gasteiger charge is -2.09. The van der Waals surface area contributed by atoms with Gasteiger partial charge in [0.15, 0.2) is 0 Å². The number of para-hydroxylation sites is 1. The van der Waals surface area contributed by atoms with Crippen LogP contribution in [0.1, 0.15) is 25.0 Å². The number of ether oxygens (including phenoxy) is 1. The quantitative estimate of drug-likeness (QED) is 0.718. The molecule has 1 N–H and O–H groups in total. The fourth-order valence-corrected chi connectivity index (χ4v) is 2.61. The SMILES string of the molecule is CCOc1ccc(Br)cc1/C=C/C(=O)Nc1ccccc1CC. The number of rotatable bonds is 6. The van der Waals surface area contributed by atoms with Gasteiger partial charge >= 0.3 is 0 Å². The minimum atomic E-state index is -0.159. The Morgan fingerprint density at radius 1 is 1.22 bits per heavy atom. The molecule has 2 aromatic carbocycles. The van der Waals surface area contributed by atoms with E-state index in [-0.39, 0.29) is 5.91 Å². The van der Waals surface area contributed by atoms with Gasteiger partial charge in [-0.2, -0.15) is 0 Å². The van der Waals surface area contributed by atoms with Gasteiger partial charge in [0, 0.05) is 21.8 Å². The molecule has 0 radical (unpaired) electrons. The average Bonchev–Trinajstić information content (AvgIpc) is 2.55. The lowest BCUT2D eigenvalue weighted by atomic mass is 10.1. The van der Waals surface area contributed by atoms with Crippen molar-refractivity contribution in [1.29, 1.82) is 0 Å². The molecule has 0 aliphatic heterocycles. The Balaban J connectivity index is 2.13. The number of carbonyl (C=O) groups excluding carboxylic acids is 1. The maximum atomic E-state index is 12.2. The zero-order valence-electron chi connectivity index (χ0n) is 13.3. The highest BCUT2D eigenvalue weighted by atomic mass is 79.9. The molecule has 0 saturated heterocycles. The molecular weight excluding hydrogens is 354 g/mol. The molecule has 0 spiro atoms. The molecule has 0 fully saturated rings. The first kappa shape index (κ1) is 17.3. The molecule has 23 heavy (non-hydrogen) atoms. The van der Waals surface area contributed by atoms with Crippen LogP contribution in [0.25, 0.3) is 6.08 Å². The Kier molecular flexibility index (Phi) is 6.41. The molecule has 1 amide bonds. The molecular formula is C19H20BrNO2. The lowest BCUT2D eigenvalue weighted by molar-refractivity contribution is -0.111. The number of amides is 1. The van der Waals surface area contributed by atoms with E-state index in [9.17, 15) is 4.79 Å². The Bertz CT molecular complexity index is 710. The van der Waals surface area contributed by atoms with Crippen LogP contribution in [0.3, 0.4) is 0 Å². The van der Waals surface area contributed by atoms with Crippen LogP contribution in [-0.2, 0) is 11.2 Å². The minimum Gasteiger partial charge on any atom is -0.493 e. The average molecular weight is 374 g/mol. The third kappa shape index (κ3) is 4.96. The van der Waals surface area contributed by atoms with Gasteiger partial charge in [-0.25, -0.2) is 0 Å². The van der Waals surface area contributed by atoms with Crippen LogP contribution < -0.4 is 10.1 Å². The zero-order chi connectivity index (χ0) is 16.7. The summed E-state index contributed by atoms with van der Waals surface area (Å²) in [5.74, 6) is 0.599. The van der Waals surface area contributed by atoms with E-state index in [1.165, 1.54) is 6.08 Å². The molecule has 0 aromatic heterocycles. The highest BCUT2D eigenvalue weighted by molar-refractivity contribution is 9.10. The van der Waals surface area contributed by atoms with Gasteiger partial charge in [0.25, 0.3) is 0 Å². The second-order valence-corrected chi connectivity index (χ2v) is 5.86. The summed E-state index contributed by atoms with van der Waals surface area (Å²) >= 11 is 3.44. The topological polar surface area (TPSA) is 38.3 Å². The van der Waals surface area contributed by atoms with Crippen molar-refractivity contribution >= 4 is 33.6 Å². The third-order valence-corrected chi connectivity index (χ3v) is 3.84. The van der Waals surface area contributed by atoms with Crippen LogP contribution in [0.15, 0.2) is 53.0 Å². The van der Waals surface area contributed by atoms with Crippen molar-refractivity contribution in [3.63, 3.8) is 0 Å². The van der Waals surface area contributed by atoms with Crippen LogP contribution in [0.5, 0.6) is 5.75 Å². The molecule has 3 nitrogen and oxygen atoms in total. The summed E-state index contributed by atoms with van der Waals surface area (Å²) in [4.78, 5) is 12.2. The second-order valence-electron chi connectivity index (χ2n) is 4.95. The first-order valence-electron chi connectivity index (χ1n) is 7.63. The first-order chi connectivity index (χ1) is 11.1. The van der Waals surface area contributed by atoms with Crippen molar-refractivity contribution in [2.75, 3.05) is 11.9 Å². The van der Waals surface area contributed by atoms with Crippen LogP contribution in [0, 0.1) is 0 Å². The maximum absolute atomic E-state index is 12.2. The van der Waals surface area contributed by atoms with Crippen molar-refractivity contribution in [2.45, 2.75) is 20.3 Å². The lowest BCUT2D eigenvalue weighted by Crippen LogP contribution is -2.09. The number of anilines is 1. The predicted molar refractivity (Wildman–Crippen MR) is 98.8 cm³/mol. The van der Waals surface area contributed by atoms with E-state index in [1.54, 1.807) is 6.08 Å². The smallest absolute Gasteiger partial charge is 0.248 e. The van der Waals surface area contributed by atoms with E-state index in [1.807, 2.05) is 49.4 Å². The standard InChI is InChI=1S/C19H20BrNO2/c1-3-14-7-5-6-8-17(14)21-19(22)12-9-15-13-16(20)10-11-18(15)23-4-2/h5-13H,3-4H2,1-2H3,(H,21,22)/b12-9+. The second kappa shape index (κ2) is 8.53. The molecule has 0 aliphatic rings. The number of carbonyl (C=O) groups is 1. The molecule has 2 rings (SSSR count). The van der Waals surface area contributed by atoms with E-state index in [0.717, 1.165) is 33.5 Å². The number of benzene rings is 2. The largest absolute Gasteiger partial charge is 0.493 e. The summed E-state index contributed by atoms with van der Waals surface area (Å²) in [5, 5.41) is 2.92. The fourth-order valence-electron chi connectivity index (χ4n) is 2.23. The van der Waals surface area contributed by atoms with Gasteiger partial charge in [-0.15, -0.1) is 0 Å². The van der Waals surface area contributed by atoms with Gasteiger partial charge in [-0.3, -0.25) is 4.79 Å². The molecule has 0 atom stereocenters. The van der Waals surface area contributed by atoms with Gasteiger partial charge in [0.1, 0.15) is 5.75 Å². The summed E-state index contributed by atoms with van der Waals surface area (Å²) in [7, 11) is 0. The molecule has 0 heterocycles. The van der Waals surface area contributed by atoms with Crippen LogP contribution >= 0.6 is 15.9 Å². The van der Waals surface area contributed by atoms with Gasteiger partial charge in [-0.05, 0) is 49.2 Å². The van der Waals surface area contributed by atoms with Crippen molar-refractivity contribution in [3.05, 3.63) is 64.1 Å². The summed E-state index contributed by atoms with van der Waals surface area (Å²) in [6, 6.07) is 13.5. The van der Waals surface area contributed by atoms with Gasteiger partial charge in [0.2, 0.25) is 5.91 Å². The van der Waals surface area contributed by atoms with Crippen LogP contribution in [0.4, 0.5) is 5.69 Å². The monoisotopic (exact) mass is 373 g/mol. The van der Waals surface area contributed by atoms with Crippen molar-refractivity contribution in [3.8, 4) is 5.75 Å². The van der Waals surface area contributed by atoms with Crippen molar-refractivity contribution < 1.29 is 9.53 Å². The number of hydrogen-bond donors (Lipinski definition) is 1. The highest BCUT2D eigenvalue weighted by Gasteiger charge is 2.04. The van der Waals surface area contributed by atoms with Crippen LogP contribution in [0.2, 0.25) is 0 Å². The van der Waals surface area contributed by atoms with Crippen LogP contribution in [-0.4, -0.2) is 12.5 Å². The zero-order valence-corrected chi connectivity index (χ0v) is 14.9. The minimum absolute atomic E-state index is 0.159. The van der Waals surface area contributed by atoms with E-state index < -0.39 is 0 Å². The number of aryl methyl sites for hydroxylation is 1. The Morgan fingerprint density at radius 2 is 2.00 bits per heavy atom. The molecule has 4 heteroatoms. The molecule has 0 bridgehead atoms. The fraction of sp³-hybridized carbons (Fsp3) is 0.211. The van der Waals surface area contributed by atoms with Gasteiger partial charge in [0.05, 0.1) is 6.61 Å². The Labute approximate surface area is 145 Å². The molecule has 0 aliphatic carbocycles. The molecule has 0 unspecified atom stereocenters. The Hall–Kier alpha value is -2.07. The predicted octanol–water partition coefficient (Wildman–Crippen LogP) is 5.06. The van der Waals surface area contributed by atoms with Crippen molar-refractivity contribution in [2.24, 2.45) is 0 Å². The number of halogens is 1. The maximum Gasteiger partial charge on any atom is 0.248 e. The third-order valence-electron chi connectivity index (χ3n) is 3.34. The molecule has 2 aromatic rings. The summed E-state index contributed by atoms with van der Waals surface area (Å²) in [6.07, 6.45) is 4.16. The number of nitrogens with one attached hydrogen (secondary N) is 1. The number of hydrogen-bond acceptors (Lipinski definition) is 2. The Morgan fingerprint density at radius 3 is 2.74 bits per heavy atom. The van der Waals surface area contributed by atoms with E-state index in [0.29, 0.717) is 6.61 Å². The first-order valence-corrected chi connectivity index (χ1v) is 8.42. The normalized spacial score (nSPS) is 10.7. The summed E-state index contributed by atoms with van der Waals surface area (Å²) in [5.41, 5.74) is 2.83. The van der Waals surface area contributed by atoms with E-state index in [2.05, 4.69) is 28.2 Å². The van der Waals surface area contributed by atoms with E-state index in [4.69, 9.17) is 4.74 Å². The van der Waals surface area contributed by atoms with E-state index >= 15 is 0 Å². The van der Waals surface area contributed by atoms with Gasteiger partial charge in [-0.1, -0.05) is 41.1 Å². The van der Waals surface area contributed by atoms with Crippen molar-refractivity contribution in [1.82, 2.24) is 0 Å². The molecule has 0 saturated carbocycles.